The van der Waals surface area contributed by atoms with Crippen LogP contribution >= 0.6 is 0 Å². The molecule has 32 heavy (non-hydrogen) atoms. The van der Waals surface area contributed by atoms with E-state index in [0.717, 1.165) is 59.2 Å². The summed E-state index contributed by atoms with van der Waals surface area (Å²) in [5.41, 5.74) is 5.62. The fourth-order valence-electron chi connectivity index (χ4n) is 4.09. The van der Waals surface area contributed by atoms with Gasteiger partial charge in [0.15, 0.2) is 0 Å². The second kappa shape index (κ2) is 8.91. The first kappa shape index (κ1) is 21.7. The van der Waals surface area contributed by atoms with Gasteiger partial charge in [-0.1, -0.05) is 38.3 Å². The number of nitrogens with one attached hydrogen (secondary N) is 2. The smallest absolute Gasteiger partial charge is 0.133 e. The van der Waals surface area contributed by atoms with E-state index in [-0.39, 0.29) is 5.82 Å². The maximum absolute atomic E-state index is 14.7. The molecule has 0 spiro atoms. The summed E-state index contributed by atoms with van der Waals surface area (Å²) in [4.78, 5) is 8.64. The number of anilines is 1. The predicted molar refractivity (Wildman–Crippen MR) is 130 cm³/mol. The molecule has 1 aromatic carbocycles. The number of rotatable bonds is 7. The highest BCUT2D eigenvalue weighted by Gasteiger charge is 2.33. The van der Waals surface area contributed by atoms with E-state index in [1.807, 2.05) is 24.4 Å². The van der Waals surface area contributed by atoms with Crippen molar-refractivity contribution in [2.75, 3.05) is 25.5 Å². The molecule has 2 aromatic rings. The van der Waals surface area contributed by atoms with Gasteiger partial charge in [-0.15, -0.1) is 0 Å². The van der Waals surface area contributed by atoms with Gasteiger partial charge in [-0.3, -0.25) is 4.98 Å². The van der Waals surface area contributed by atoms with E-state index in [1.54, 1.807) is 18.3 Å². The third-order valence-electron chi connectivity index (χ3n) is 6.06. The third-order valence-corrected chi connectivity index (χ3v) is 6.06. The lowest BCUT2D eigenvalue weighted by atomic mass is 9.98. The predicted octanol–water partition coefficient (Wildman–Crippen LogP) is 5.02. The largest absolute Gasteiger partial charge is 0.382 e. The highest BCUT2D eigenvalue weighted by Crippen LogP contribution is 2.39. The van der Waals surface area contributed by atoms with Crippen molar-refractivity contribution in [2.24, 2.45) is 0 Å². The quantitative estimate of drug-likeness (QED) is 0.645. The van der Waals surface area contributed by atoms with E-state index in [9.17, 15) is 4.39 Å². The number of likely N-dealkylation sites (N-methyl/N-ethyl adjacent to an activating group) is 1. The van der Waals surface area contributed by atoms with Crippen LogP contribution in [-0.2, 0) is 0 Å². The molecule has 0 amide bonds. The van der Waals surface area contributed by atoms with E-state index in [0.29, 0.717) is 11.6 Å². The van der Waals surface area contributed by atoms with Gasteiger partial charge in [0.25, 0.3) is 0 Å². The summed E-state index contributed by atoms with van der Waals surface area (Å²) in [6.07, 6.45) is 6.55. The summed E-state index contributed by atoms with van der Waals surface area (Å²) in [7, 11) is 2.06. The average Bonchev–Trinajstić information content (AvgIpc) is 3.18. The first-order valence-electron chi connectivity index (χ1n) is 11.0. The Balaban J connectivity index is 1.76. The Bertz CT molecular complexity index is 1120. The Morgan fingerprint density at radius 2 is 2.03 bits per heavy atom. The topological polar surface area (TPSA) is 43.4 Å². The number of pyridine rings is 1. The van der Waals surface area contributed by atoms with Gasteiger partial charge in [-0.2, -0.15) is 0 Å². The van der Waals surface area contributed by atoms with E-state index in [1.165, 1.54) is 6.07 Å². The maximum atomic E-state index is 14.7. The summed E-state index contributed by atoms with van der Waals surface area (Å²) in [6.45, 7) is 14.4. The van der Waals surface area contributed by atoms with Gasteiger partial charge < -0.3 is 20.4 Å². The molecular formula is C26H30FN5. The van der Waals surface area contributed by atoms with E-state index < -0.39 is 0 Å². The molecule has 6 heteroatoms. The molecule has 5 nitrogen and oxygen atoms in total. The molecule has 1 saturated heterocycles. The second-order valence-electron chi connectivity index (χ2n) is 8.27. The molecule has 3 heterocycles. The molecule has 2 aliphatic rings. The van der Waals surface area contributed by atoms with Crippen LogP contribution in [0.5, 0.6) is 0 Å². The summed E-state index contributed by atoms with van der Waals surface area (Å²) in [5, 5.41) is 7.02. The fraction of sp³-hybridized carbons (Fsp3) is 0.269. The molecule has 1 fully saturated rings. The van der Waals surface area contributed by atoms with Crippen molar-refractivity contribution in [3.05, 3.63) is 96.1 Å². The average molecular weight is 432 g/mol. The van der Waals surface area contributed by atoms with Crippen molar-refractivity contribution >= 4 is 17.0 Å². The highest BCUT2D eigenvalue weighted by atomic mass is 19.1. The lowest BCUT2D eigenvalue weighted by Gasteiger charge is -2.32. The summed E-state index contributed by atoms with van der Waals surface area (Å²) < 4.78 is 14.7. The van der Waals surface area contributed by atoms with Gasteiger partial charge >= 0.3 is 0 Å². The van der Waals surface area contributed by atoms with E-state index in [4.69, 9.17) is 0 Å². The zero-order valence-electron chi connectivity index (χ0n) is 19.0. The van der Waals surface area contributed by atoms with Gasteiger partial charge in [0.2, 0.25) is 0 Å². The van der Waals surface area contributed by atoms with Crippen molar-refractivity contribution in [3.63, 3.8) is 0 Å². The standard InChI is InChI=1S/C26H30FN5/c1-6-17(2)29-18(3)22-16-28-12-11-24(22)30-25-15-21(20-9-7-8-10-23(20)27)19(4)32-14-13-31(5)26(25)32/h7-12,15-17,29H,3-4,6,13-14H2,1-2,5H3,(H,28,30). The number of benzene rings is 1. The number of allylic oxidation sites excluding steroid dienone is 2. The van der Waals surface area contributed by atoms with E-state index in [2.05, 4.69) is 59.5 Å². The Labute approximate surface area is 189 Å². The first-order valence-corrected chi connectivity index (χ1v) is 11.0. The summed E-state index contributed by atoms with van der Waals surface area (Å²) in [6, 6.07) is 9.07. The summed E-state index contributed by atoms with van der Waals surface area (Å²) >= 11 is 0. The Kier molecular flexibility index (Phi) is 6.04. The van der Waals surface area contributed by atoms with Crippen LogP contribution < -0.4 is 10.6 Å². The number of halogens is 1. The zero-order valence-corrected chi connectivity index (χ0v) is 19.0. The van der Waals surface area contributed by atoms with Gasteiger partial charge in [0.1, 0.15) is 11.6 Å². The molecule has 0 saturated carbocycles. The SMILES string of the molecule is C=C(NC(C)CC)c1cnccc1NC1=C2N(C)CCN2C(=C)C(c2ccccc2F)=C1. The van der Waals surface area contributed by atoms with Crippen molar-refractivity contribution in [1.29, 1.82) is 0 Å². The highest BCUT2D eigenvalue weighted by molar-refractivity contribution is 5.84. The Hall–Kier alpha value is -3.54. The summed E-state index contributed by atoms with van der Waals surface area (Å²) in [5.74, 6) is 0.768. The Morgan fingerprint density at radius 1 is 1.25 bits per heavy atom. The van der Waals surface area contributed by atoms with Crippen LogP contribution in [0, 0.1) is 5.82 Å². The third kappa shape index (κ3) is 4.00. The zero-order chi connectivity index (χ0) is 22.8. The minimum atomic E-state index is -0.258. The molecule has 0 bridgehead atoms. The second-order valence-corrected chi connectivity index (χ2v) is 8.27. The van der Waals surface area contributed by atoms with Gasteiger partial charge in [-0.25, -0.2) is 4.39 Å². The van der Waals surface area contributed by atoms with Crippen LogP contribution in [0.3, 0.4) is 0 Å². The molecule has 166 valence electrons. The number of nitrogens with zero attached hydrogens (tertiary/aromatic N) is 3. The number of hydrogen-bond acceptors (Lipinski definition) is 5. The van der Waals surface area contributed by atoms with Crippen LogP contribution in [-0.4, -0.2) is 41.0 Å². The van der Waals surface area contributed by atoms with Crippen LogP contribution in [0.25, 0.3) is 11.3 Å². The fourth-order valence-corrected chi connectivity index (χ4v) is 4.09. The van der Waals surface area contributed by atoms with Crippen molar-refractivity contribution in [2.45, 2.75) is 26.3 Å². The molecule has 0 aliphatic carbocycles. The van der Waals surface area contributed by atoms with Gasteiger partial charge in [0.05, 0.1) is 11.4 Å². The van der Waals surface area contributed by atoms with Crippen molar-refractivity contribution in [1.82, 2.24) is 20.1 Å². The van der Waals surface area contributed by atoms with Crippen LogP contribution in [0.15, 0.2) is 79.2 Å². The minimum Gasteiger partial charge on any atom is -0.382 e. The molecule has 1 atom stereocenters. The van der Waals surface area contributed by atoms with Crippen LogP contribution in [0.1, 0.15) is 31.4 Å². The van der Waals surface area contributed by atoms with Gasteiger partial charge in [-0.05, 0) is 31.6 Å². The molecule has 1 aromatic heterocycles. The number of aromatic nitrogens is 1. The normalized spacial score (nSPS) is 16.6. The van der Waals surface area contributed by atoms with Crippen molar-refractivity contribution in [3.8, 4) is 0 Å². The Morgan fingerprint density at radius 3 is 2.78 bits per heavy atom. The lowest BCUT2D eigenvalue weighted by Crippen LogP contribution is -2.28. The maximum Gasteiger partial charge on any atom is 0.133 e. The monoisotopic (exact) mass is 431 g/mol. The molecule has 2 aliphatic heterocycles. The molecule has 0 radical (unpaired) electrons. The molecule has 1 unspecified atom stereocenters. The van der Waals surface area contributed by atoms with Crippen LogP contribution in [0.2, 0.25) is 0 Å². The molecule has 4 rings (SSSR count). The van der Waals surface area contributed by atoms with Crippen LogP contribution in [0.4, 0.5) is 10.1 Å². The first-order chi connectivity index (χ1) is 15.4. The van der Waals surface area contributed by atoms with E-state index >= 15 is 0 Å². The lowest BCUT2D eigenvalue weighted by molar-refractivity contribution is 0.428. The molecule has 2 N–H and O–H groups in total. The van der Waals surface area contributed by atoms with Crippen molar-refractivity contribution < 1.29 is 4.39 Å². The van der Waals surface area contributed by atoms with Gasteiger partial charge in [0, 0.05) is 66.7 Å². The number of hydrogen-bond donors (Lipinski definition) is 2. The molecular weight excluding hydrogens is 401 g/mol. The number of fused-ring (bicyclic) bond motifs is 1. The minimum absolute atomic E-state index is 0.258.